The number of hydrogen-bond donors (Lipinski definition) is 2. The predicted molar refractivity (Wildman–Crippen MR) is 130 cm³/mol. The minimum absolute atomic E-state index is 0.152. The van der Waals surface area contributed by atoms with Gasteiger partial charge in [-0.1, -0.05) is 28.1 Å². The maximum atomic E-state index is 13.3. The first kappa shape index (κ1) is 21.5. The van der Waals surface area contributed by atoms with Gasteiger partial charge in [0.2, 0.25) is 5.91 Å². The van der Waals surface area contributed by atoms with Crippen LogP contribution in [0.1, 0.15) is 17.3 Å². The number of amides is 2. The molecule has 2 amide bonds. The van der Waals surface area contributed by atoms with E-state index in [0.717, 1.165) is 15.4 Å². The van der Waals surface area contributed by atoms with Crippen LogP contribution in [0.25, 0.3) is 22.2 Å². The molecule has 32 heavy (non-hydrogen) atoms. The molecule has 4 aromatic rings. The number of carbonyl (C=O) groups is 2. The number of aromatic nitrogens is 1. The van der Waals surface area contributed by atoms with E-state index in [1.54, 1.807) is 37.4 Å². The van der Waals surface area contributed by atoms with E-state index < -0.39 is 0 Å². The van der Waals surface area contributed by atoms with Gasteiger partial charge in [-0.25, -0.2) is 4.98 Å². The van der Waals surface area contributed by atoms with E-state index in [9.17, 15) is 9.59 Å². The van der Waals surface area contributed by atoms with E-state index in [0.29, 0.717) is 33.9 Å². The van der Waals surface area contributed by atoms with Gasteiger partial charge in [-0.2, -0.15) is 0 Å². The second kappa shape index (κ2) is 9.20. The van der Waals surface area contributed by atoms with Crippen LogP contribution in [0.4, 0.5) is 11.4 Å². The van der Waals surface area contributed by atoms with E-state index >= 15 is 0 Å². The highest BCUT2D eigenvalue weighted by atomic mass is 79.9. The number of carbonyl (C=O) groups excluding carboxylic acids is 2. The van der Waals surface area contributed by atoms with Gasteiger partial charge < -0.3 is 15.4 Å². The van der Waals surface area contributed by atoms with E-state index in [1.807, 2.05) is 42.5 Å². The van der Waals surface area contributed by atoms with Crippen LogP contribution >= 0.6 is 15.9 Å². The van der Waals surface area contributed by atoms with Crippen molar-refractivity contribution in [3.8, 4) is 17.0 Å². The van der Waals surface area contributed by atoms with Gasteiger partial charge in [0, 0.05) is 33.7 Å². The van der Waals surface area contributed by atoms with Crippen molar-refractivity contribution >= 4 is 50.0 Å². The standard InChI is InChI=1S/C25H20BrN3O3/c1-15(30)27-18-7-9-19(10-8-18)28-25(31)22-14-24(16-4-3-5-20(12-16)32-2)29-23-11-6-17(26)13-21(22)23/h3-14H,1-2H3,(H,27,30)(H,28,31). The highest BCUT2D eigenvalue weighted by Gasteiger charge is 2.15. The molecule has 0 unspecified atom stereocenters. The summed E-state index contributed by atoms with van der Waals surface area (Å²) in [7, 11) is 1.61. The normalized spacial score (nSPS) is 10.6. The fourth-order valence-corrected chi connectivity index (χ4v) is 3.72. The van der Waals surface area contributed by atoms with Crippen molar-refractivity contribution in [2.24, 2.45) is 0 Å². The van der Waals surface area contributed by atoms with Crippen molar-refractivity contribution < 1.29 is 14.3 Å². The molecule has 0 atom stereocenters. The van der Waals surface area contributed by atoms with Gasteiger partial charge in [-0.15, -0.1) is 0 Å². The third-order valence-corrected chi connectivity index (χ3v) is 5.34. The van der Waals surface area contributed by atoms with Crippen LogP contribution in [0.2, 0.25) is 0 Å². The molecule has 0 radical (unpaired) electrons. The SMILES string of the molecule is COc1cccc(-c2cc(C(=O)Nc3ccc(NC(C)=O)cc3)c3cc(Br)ccc3n2)c1. The van der Waals surface area contributed by atoms with Crippen LogP contribution in [0.15, 0.2) is 77.3 Å². The molecular formula is C25H20BrN3O3. The molecule has 1 heterocycles. The molecule has 3 aromatic carbocycles. The number of anilines is 2. The Morgan fingerprint density at radius 2 is 1.62 bits per heavy atom. The summed E-state index contributed by atoms with van der Waals surface area (Å²) in [6.07, 6.45) is 0. The Hall–Kier alpha value is -3.71. The lowest BCUT2D eigenvalue weighted by Gasteiger charge is -2.12. The van der Waals surface area contributed by atoms with Crippen LogP contribution in [0, 0.1) is 0 Å². The quantitative estimate of drug-likeness (QED) is 0.366. The third kappa shape index (κ3) is 4.78. The molecule has 4 rings (SSSR count). The van der Waals surface area contributed by atoms with Crippen LogP contribution in [-0.4, -0.2) is 23.9 Å². The average Bonchev–Trinajstić information content (AvgIpc) is 2.79. The summed E-state index contributed by atoms with van der Waals surface area (Å²) in [6.45, 7) is 1.45. The number of halogens is 1. The fraction of sp³-hybridized carbons (Fsp3) is 0.0800. The second-order valence-electron chi connectivity index (χ2n) is 7.16. The molecule has 0 aliphatic rings. The molecule has 6 nitrogen and oxygen atoms in total. The number of pyridine rings is 1. The molecule has 0 spiro atoms. The highest BCUT2D eigenvalue weighted by Crippen LogP contribution is 2.29. The van der Waals surface area contributed by atoms with E-state index in [1.165, 1.54) is 6.92 Å². The topological polar surface area (TPSA) is 80.3 Å². The maximum Gasteiger partial charge on any atom is 0.256 e. The van der Waals surface area contributed by atoms with Gasteiger partial charge in [-0.05, 0) is 60.7 Å². The van der Waals surface area contributed by atoms with Gasteiger partial charge in [0.05, 0.1) is 23.9 Å². The largest absolute Gasteiger partial charge is 0.497 e. The van der Waals surface area contributed by atoms with Crippen LogP contribution in [0.5, 0.6) is 5.75 Å². The molecule has 7 heteroatoms. The summed E-state index contributed by atoms with van der Waals surface area (Å²) in [5.41, 5.74) is 4.01. The zero-order chi connectivity index (χ0) is 22.7. The summed E-state index contributed by atoms with van der Waals surface area (Å²) in [4.78, 5) is 29.2. The molecule has 160 valence electrons. The Kier molecular flexibility index (Phi) is 6.18. The smallest absolute Gasteiger partial charge is 0.256 e. The lowest BCUT2D eigenvalue weighted by molar-refractivity contribution is -0.114. The molecule has 0 fully saturated rings. The van der Waals surface area contributed by atoms with Gasteiger partial charge in [0.15, 0.2) is 0 Å². The summed E-state index contributed by atoms with van der Waals surface area (Å²) in [5, 5.41) is 6.37. The Morgan fingerprint density at radius 1 is 0.906 bits per heavy atom. The molecule has 0 aliphatic carbocycles. The van der Waals surface area contributed by atoms with Crippen LogP contribution in [0.3, 0.4) is 0 Å². The van der Waals surface area contributed by atoms with Gasteiger partial charge in [-0.3, -0.25) is 9.59 Å². The van der Waals surface area contributed by atoms with Gasteiger partial charge in [0.25, 0.3) is 5.91 Å². The summed E-state index contributed by atoms with van der Waals surface area (Å²) < 4.78 is 6.19. The van der Waals surface area contributed by atoms with Gasteiger partial charge >= 0.3 is 0 Å². The Morgan fingerprint density at radius 3 is 2.31 bits per heavy atom. The zero-order valence-corrected chi connectivity index (χ0v) is 19.1. The molecular weight excluding hydrogens is 470 g/mol. The summed E-state index contributed by atoms with van der Waals surface area (Å²) in [6, 6.07) is 22.0. The summed E-state index contributed by atoms with van der Waals surface area (Å²) >= 11 is 3.48. The lowest BCUT2D eigenvalue weighted by Crippen LogP contribution is -2.13. The van der Waals surface area contributed by atoms with Crippen molar-refractivity contribution in [2.75, 3.05) is 17.7 Å². The monoisotopic (exact) mass is 489 g/mol. The summed E-state index contributed by atoms with van der Waals surface area (Å²) in [5.74, 6) is 0.304. The number of rotatable bonds is 5. The van der Waals surface area contributed by atoms with Crippen molar-refractivity contribution in [3.63, 3.8) is 0 Å². The molecule has 0 saturated heterocycles. The Balaban J connectivity index is 1.73. The number of methoxy groups -OCH3 is 1. The lowest BCUT2D eigenvalue weighted by atomic mass is 10.0. The Bertz CT molecular complexity index is 1320. The predicted octanol–water partition coefficient (Wildman–Crippen LogP) is 5.88. The molecule has 0 aliphatic heterocycles. The minimum Gasteiger partial charge on any atom is -0.497 e. The number of fused-ring (bicyclic) bond motifs is 1. The van der Waals surface area contributed by atoms with E-state index in [-0.39, 0.29) is 11.8 Å². The van der Waals surface area contributed by atoms with Crippen molar-refractivity contribution in [3.05, 3.63) is 82.8 Å². The maximum absolute atomic E-state index is 13.3. The van der Waals surface area contributed by atoms with Crippen molar-refractivity contribution in [1.29, 1.82) is 0 Å². The highest BCUT2D eigenvalue weighted by molar-refractivity contribution is 9.10. The first-order valence-electron chi connectivity index (χ1n) is 9.86. The number of hydrogen-bond acceptors (Lipinski definition) is 4. The van der Waals surface area contributed by atoms with Gasteiger partial charge in [0.1, 0.15) is 5.75 Å². The first-order valence-corrected chi connectivity index (χ1v) is 10.7. The van der Waals surface area contributed by atoms with Crippen LogP contribution < -0.4 is 15.4 Å². The third-order valence-electron chi connectivity index (χ3n) is 4.84. The number of benzene rings is 3. The first-order chi connectivity index (χ1) is 15.4. The number of nitrogens with one attached hydrogen (secondary N) is 2. The molecule has 0 bridgehead atoms. The Labute approximate surface area is 193 Å². The molecule has 2 N–H and O–H groups in total. The zero-order valence-electron chi connectivity index (χ0n) is 17.5. The van der Waals surface area contributed by atoms with Crippen molar-refractivity contribution in [1.82, 2.24) is 4.98 Å². The molecule has 1 aromatic heterocycles. The average molecular weight is 490 g/mol. The van der Waals surface area contributed by atoms with E-state index in [4.69, 9.17) is 9.72 Å². The number of nitrogens with zero attached hydrogens (tertiary/aromatic N) is 1. The van der Waals surface area contributed by atoms with E-state index in [2.05, 4.69) is 26.6 Å². The minimum atomic E-state index is -0.257. The second-order valence-corrected chi connectivity index (χ2v) is 8.08. The fourth-order valence-electron chi connectivity index (χ4n) is 3.35. The van der Waals surface area contributed by atoms with Crippen molar-refractivity contribution in [2.45, 2.75) is 6.92 Å². The molecule has 0 saturated carbocycles. The van der Waals surface area contributed by atoms with Crippen LogP contribution in [-0.2, 0) is 4.79 Å². The number of ether oxygens (including phenoxy) is 1.